The van der Waals surface area contributed by atoms with E-state index in [0.717, 1.165) is 11.2 Å². The average Bonchev–Trinajstić information content (AvgIpc) is 2.47. The number of benzene rings is 1. The minimum absolute atomic E-state index is 1.12. The molecule has 0 saturated heterocycles. The third-order valence-corrected chi connectivity index (χ3v) is 2.04. The maximum absolute atomic E-state index is 4.16. The minimum atomic E-state index is 1.12. The normalized spacial score (nSPS) is 10.5. The molecule has 3 heteroatoms. The smallest absolute Gasteiger partial charge is 0.0699 e. The average molecular weight is 161 g/mol. The van der Waals surface area contributed by atoms with Crippen molar-refractivity contribution in [1.29, 1.82) is 0 Å². The van der Waals surface area contributed by atoms with Gasteiger partial charge in [0.2, 0.25) is 0 Å². The van der Waals surface area contributed by atoms with Crippen molar-refractivity contribution in [1.82, 2.24) is 9.78 Å². The van der Waals surface area contributed by atoms with Crippen LogP contribution < -0.4 is 5.32 Å². The van der Waals surface area contributed by atoms with Crippen molar-refractivity contribution in [2.24, 2.45) is 7.05 Å². The maximum atomic E-state index is 4.16. The lowest BCUT2D eigenvalue weighted by Crippen LogP contribution is -1.91. The van der Waals surface area contributed by atoms with Crippen molar-refractivity contribution in [2.75, 3.05) is 12.4 Å². The molecule has 0 amide bonds. The summed E-state index contributed by atoms with van der Waals surface area (Å²) in [5.74, 6) is 0. The number of hydrogen-bond acceptors (Lipinski definition) is 2. The Morgan fingerprint density at radius 1 is 1.42 bits per heavy atom. The molecule has 2 rings (SSSR count). The molecular weight excluding hydrogens is 150 g/mol. The number of aromatic nitrogens is 2. The Hall–Kier alpha value is -1.51. The summed E-state index contributed by atoms with van der Waals surface area (Å²) in [6, 6.07) is 6.19. The summed E-state index contributed by atoms with van der Waals surface area (Å²) in [6.07, 6.45) is 1.87. The van der Waals surface area contributed by atoms with Crippen molar-refractivity contribution in [3.05, 3.63) is 24.4 Å². The lowest BCUT2D eigenvalue weighted by molar-refractivity contribution is 0.797. The topological polar surface area (TPSA) is 29.9 Å². The van der Waals surface area contributed by atoms with Gasteiger partial charge in [0.25, 0.3) is 0 Å². The monoisotopic (exact) mass is 161 g/mol. The van der Waals surface area contributed by atoms with E-state index in [2.05, 4.69) is 22.5 Å². The van der Waals surface area contributed by atoms with Crippen LogP contribution >= 0.6 is 0 Å². The molecular formula is C9H11N3. The van der Waals surface area contributed by atoms with Crippen LogP contribution in [0.5, 0.6) is 0 Å². The van der Waals surface area contributed by atoms with E-state index in [1.807, 2.05) is 31.0 Å². The SMILES string of the molecule is CNc1ccc2cnn(C)c2c1. The van der Waals surface area contributed by atoms with E-state index in [1.54, 1.807) is 0 Å². The highest BCUT2D eigenvalue weighted by molar-refractivity contribution is 5.82. The molecule has 0 radical (unpaired) electrons. The van der Waals surface area contributed by atoms with Crippen LogP contribution in [0.3, 0.4) is 0 Å². The number of nitrogens with zero attached hydrogens (tertiary/aromatic N) is 2. The van der Waals surface area contributed by atoms with Gasteiger partial charge in [-0.2, -0.15) is 5.10 Å². The number of aryl methyl sites for hydroxylation is 1. The first-order valence-corrected chi connectivity index (χ1v) is 3.91. The van der Waals surface area contributed by atoms with Crippen LogP contribution in [-0.4, -0.2) is 16.8 Å². The van der Waals surface area contributed by atoms with Gasteiger partial charge in [-0.3, -0.25) is 4.68 Å². The number of rotatable bonds is 1. The molecule has 0 unspecified atom stereocenters. The van der Waals surface area contributed by atoms with Crippen molar-refractivity contribution in [3.63, 3.8) is 0 Å². The summed E-state index contributed by atoms with van der Waals surface area (Å²) in [5.41, 5.74) is 2.27. The fourth-order valence-electron chi connectivity index (χ4n) is 1.30. The van der Waals surface area contributed by atoms with Gasteiger partial charge >= 0.3 is 0 Å². The summed E-state index contributed by atoms with van der Waals surface area (Å²) < 4.78 is 1.87. The van der Waals surface area contributed by atoms with E-state index in [-0.39, 0.29) is 0 Å². The first-order valence-electron chi connectivity index (χ1n) is 3.91. The molecule has 12 heavy (non-hydrogen) atoms. The predicted octanol–water partition coefficient (Wildman–Crippen LogP) is 1.61. The third kappa shape index (κ3) is 0.942. The molecule has 1 N–H and O–H groups in total. The Morgan fingerprint density at radius 2 is 2.25 bits per heavy atom. The summed E-state index contributed by atoms with van der Waals surface area (Å²) >= 11 is 0. The zero-order chi connectivity index (χ0) is 8.55. The zero-order valence-corrected chi connectivity index (χ0v) is 7.20. The van der Waals surface area contributed by atoms with E-state index in [4.69, 9.17) is 0 Å². The van der Waals surface area contributed by atoms with Crippen molar-refractivity contribution in [3.8, 4) is 0 Å². The minimum Gasteiger partial charge on any atom is -0.388 e. The van der Waals surface area contributed by atoms with Crippen LogP contribution in [0.1, 0.15) is 0 Å². The summed E-state index contributed by atoms with van der Waals surface area (Å²) in [6.45, 7) is 0. The highest BCUT2D eigenvalue weighted by atomic mass is 15.2. The molecule has 62 valence electrons. The highest BCUT2D eigenvalue weighted by Gasteiger charge is 1.98. The third-order valence-electron chi connectivity index (χ3n) is 2.04. The molecule has 3 nitrogen and oxygen atoms in total. The molecule has 0 saturated carbocycles. The van der Waals surface area contributed by atoms with E-state index < -0.39 is 0 Å². The van der Waals surface area contributed by atoms with Crippen LogP contribution in [0, 0.1) is 0 Å². The van der Waals surface area contributed by atoms with E-state index in [1.165, 1.54) is 5.39 Å². The van der Waals surface area contributed by atoms with Crippen LogP contribution in [0.15, 0.2) is 24.4 Å². The molecule has 0 aliphatic rings. The molecule has 0 aliphatic carbocycles. The van der Waals surface area contributed by atoms with E-state index in [9.17, 15) is 0 Å². The van der Waals surface area contributed by atoms with Gasteiger partial charge in [-0.25, -0.2) is 0 Å². The predicted molar refractivity (Wildman–Crippen MR) is 50.3 cm³/mol. The first kappa shape index (κ1) is 7.16. The second-order valence-electron chi connectivity index (χ2n) is 2.79. The zero-order valence-electron chi connectivity index (χ0n) is 7.20. The number of hydrogen-bond donors (Lipinski definition) is 1. The van der Waals surface area contributed by atoms with Crippen molar-refractivity contribution < 1.29 is 0 Å². The Balaban J connectivity index is 2.71. The molecule has 0 fully saturated rings. The van der Waals surface area contributed by atoms with Gasteiger partial charge < -0.3 is 5.32 Å². The fraction of sp³-hybridized carbons (Fsp3) is 0.222. The van der Waals surface area contributed by atoms with Gasteiger partial charge in [0.15, 0.2) is 0 Å². The second-order valence-corrected chi connectivity index (χ2v) is 2.79. The van der Waals surface area contributed by atoms with Gasteiger partial charge in [-0.1, -0.05) is 0 Å². The Morgan fingerprint density at radius 3 is 3.00 bits per heavy atom. The van der Waals surface area contributed by atoms with Gasteiger partial charge in [-0.15, -0.1) is 0 Å². The number of fused-ring (bicyclic) bond motifs is 1. The number of nitrogens with one attached hydrogen (secondary N) is 1. The van der Waals surface area contributed by atoms with Gasteiger partial charge in [0.05, 0.1) is 11.7 Å². The molecule has 1 aromatic heterocycles. The molecule has 0 bridgehead atoms. The lowest BCUT2D eigenvalue weighted by atomic mass is 10.2. The molecule has 1 aromatic carbocycles. The van der Waals surface area contributed by atoms with Crippen LogP contribution in [0.2, 0.25) is 0 Å². The molecule has 1 heterocycles. The van der Waals surface area contributed by atoms with E-state index >= 15 is 0 Å². The number of anilines is 1. The van der Waals surface area contributed by atoms with E-state index in [0.29, 0.717) is 0 Å². The van der Waals surface area contributed by atoms with Crippen LogP contribution in [-0.2, 0) is 7.05 Å². The van der Waals surface area contributed by atoms with Crippen molar-refractivity contribution in [2.45, 2.75) is 0 Å². The summed E-state index contributed by atoms with van der Waals surface area (Å²) in [7, 11) is 3.86. The summed E-state index contributed by atoms with van der Waals surface area (Å²) in [5, 5.41) is 8.43. The second kappa shape index (κ2) is 2.52. The standard InChI is InChI=1S/C9H11N3/c1-10-8-4-3-7-6-11-12(2)9(7)5-8/h3-6,10H,1-2H3. The molecule has 0 aliphatic heterocycles. The molecule has 0 spiro atoms. The lowest BCUT2D eigenvalue weighted by Gasteiger charge is -1.99. The highest BCUT2D eigenvalue weighted by Crippen LogP contribution is 2.17. The Bertz CT molecular complexity index is 403. The van der Waals surface area contributed by atoms with Crippen LogP contribution in [0.4, 0.5) is 5.69 Å². The first-order chi connectivity index (χ1) is 5.81. The molecule has 2 aromatic rings. The Kier molecular flexibility index (Phi) is 1.50. The van der Waals surface area contributed by atoms with Crippen LogP contribution in [0.25, 0.3) is 10.9 Å². The quantitative estimate of drug-likeness (QED) is 0.688. The molecule has 0 atom stereocenters. The van der Waals surface area contributed by atoms with Gasteiger partial charge in [0.1, 0.15) is 0 Å². The largest absolute Gasteiger partial charge is 0.388 e. The maximum Gasteiger partial charge on any atom is 0.0699 e. The van der Waals surface area contributed by atoms with Crippen molar-refractivity contribution >= 4 is 16.6 Å². The van der Waals surface area contributed by atoms with Gasteiger partial charge in [-0.05, 0) is 18.2 Å². The Labute approximate surface area is 71.0 Å². The fourth-order valence-corrected chi connectivity index (χ4v) is 1.30. The van der Waals surface area contributed by atoms with Gasteiger partial charge in [0, 0.05) is 25.2 Å². The summed E-state index contributed by atoms with van der Waals surface area (Å²) in [4.78, 5) is 0.